The van der Waals surface area contributed by atoms with Gasteiger partial charge in [-0.1, -0.05) is 0 Å². The predicted octanol–water partition coefficient (Wildman–Crippen LogP) is 1.07. The third kappa shape index (κ3) is 4.10. The number of anilines is 2. The maximum Gasteiger partial charge on any atom is 0.222 e. The summed E-state index contributed by atoms with van der Waals surface area (Å²) in [6.45, 7) is 1.64. The average Bonchev–Trinajstić information content (AvgIpc) is 2.35. The number of aliphatic hydroxyl groups excluding tert-OH is 1. The van der Waals surface area contributed by atoms with Crippen LogP contribution in [-0.4, -0.2) is 40.3 Å². The average molecular weight is 336 g/mol. The lowest BCUT2D eigenvalue weighted by molar-refractivity contribution is 0.145. The molecule has 1 aromatic heterocycles. The first kappa shape index (κ1) is 18.2. The molecular formula is C13H23Cl2N5O. The molecular weight excluding hydrogens is 313 g/mol. The van der Waals surface area contributed by atoms with Crippen molar-refractivity contribution in [3.63, 3.8) is 0 Å². The van der Waals surface area contributed by atoms with Crippen molar-refractivity contribution in [2.75, 3.05) is 23.7 Å². The lowest BCUT2D eigenvalue weighted by atomic mass is 9.78. The second-order valence-corrected chi connectivity index (χ2v) is 5.66. The zero-order valence-corrected chi connectivity index (χ0v) is 13.4. The quantitative estimate of drug-likeness (QED) is 0.747. The first-order chi connectivity index (χ1) is 9.11. The molecule has 2 heterocycles. The summed E-state index contributed by atoms with van der Waals surface area (Å²) in [4.78, 5) is 10.8. The molecule has 6 nitrogen and oxygen atoms in total. The van der Waals surface area contributed by atoms with Gasteiger partial charge in [-0.15, -0.1) is 24.8 Å². The van der Waals surface area contributed by atoms with Gasteiger partial charge in [0, 0.05) is 31.1 Å². The molecule has 0 radical (unpaired) electrons. The van der Waals surface area contributed by atoms with E-state index >= 15 is 0 Å². The molecule has 2 aliphatic rings. The highest BCUT2D eigenvalue weighted by molar-refractivity contribution is 5.85. The lowest BCUT2D eigenvalue weighted by Crippen LogP contribution is -2.37. The first-order valence-electron chi connectivity index (χ1n) is 6.95. The van der Waals surface area contributed by atoms with E-state index in [2.05, 4.69) is 14.9 Å². The van der Waals surface area contributed by atoms with Crippen molar-refractivity contribution in [3.8, 4) is 0 Å². The van der Waals surface area contributed by atoms with Crippen LogP contribution < -0.4 is 16.4 Å². The molecule has 2 fully saturated rings. The summed E-state index contributed by atoms with van der Waals surface area (Å²) in [7, 11) is 0. The van der Waals surface area contributed by atoms with Gasteiger partial charge >= 0.3 is 0 Å². The van der Waals surface area contributed by atoms with Crippen LogP contribution in [0.5, 0.6) is 0 Å². The molecule has 1 aromatic rings. The molecule has 3 rings (SSSR count). The number of piperidine rings is 1. The SMILES string of the molecule is Cl.Cl.Nc1nc(C2CC(N)C2)cc(N2CCC(O)CC2)n1. The number of nitrogens with zero attached hydrogens (tertiary/aromatic N) is 3. The van der Waals surface area contributed by atoms with E-state index in [9.17, 15) is 5.11 Å². The molecule has 21 heavy (non-hydrogen) atoms. The van der Waals surface area contributed by atoms with Crippen molar-refractivity contribution in [2.45, 2.75) is 43.7 Å². The minimum atomic E-state index is -0.181. The molecule has 1 aliphatic heterocycles. The third-order valence-corrected chi connectivity index (χ3v) is 4.13. The Balaban J connectivity index is 0.00000110. The number of aromatic nitrogens is 2. The molecule has 0 aromatic carbocycles. The van der Waals surface area contributed by atoms with Crippen molar-refractivity contribution in [3.05, 3.63) is 11.8 Å². The fourth-order valence-electron chi connectivity index (χ4n) is 2.84. The number of hydrogen-bond donors (Lipinski definition) is 3. The van der Waals surface area contributed by atoms with Crippen LogP contribution in [0.15, 0.2) is 6.07 Å². The van der Waals surface area contributed by atoms with Crippen molar-refractivity contribution < 1.29 is 5.11 Å². The molecule has 0 atom stereocenters. The number of aliphatic hydroxyl groups is 1. The lowest BCUT2D eigenvalue weighted by Gasteiger charge is -2.34. The van der Waals surface area contributed by atoms with E-state index in [-0.39, 0.29) is 30.9 Å². The molecule has 1 saturated carbocycles. The Morgan fingerprint density at radius 1 is 1.14 bits per heavy atom. The summed E-state index contributed by atoms with van der Waals surface area (Å²) in [6, 6.07) is 2.33. The van der Waals surface area contributed by atoms with Gasteiger partial charge in [-0.25, -0.2) is 4.98 Å². The van der Waals surface area contributed by atoms with Gasteiger partial charge < -0.3 is 21.5 Å². The van der Waals surface area contributed by atoms with Crippen LogP contribution in [-0.2, 0) is 0 Å². The number of nitrogens with two attached hydrogens (primary N) is 2. The molecule has 0 amide bonds. The molecule has 1 saturated heterocycles. The van der Waals surface area contributed by atoms with Crippen LogP contribution in [0.25, 0.3) is 0 Å². The maximum atomic E-state index is 9.55. The standard InChI is InChI=1S/C13H21N5O.2ClH/c14-9-5-8(6-9)11-7-12(17-13(15)16-11)18-3-1-10(19)2-4-18;;/h7-10,19H,1-6,14H2,(H2,15,16,17);2*1H. The zero-order valence-electron chi connectivity index (χ0n) is 11.8. The van der Waals surface area contributed by atoms with Crippen LogP contribution >= 0.6 is 24.8 Å². The molecule has 5 N–H and O–H groups in total. The highest BCUT2D eigenvalue weighted by atomic mass is 35.5. The third-order valence-electron chi connectivity index (χ3n) is 4.13. The van der Waals surface area contributed by atoms with Gasteiger partial charge in [0.2, 0.25) is 5.95 Å². The van der Waals surface area contributed by atoms with E-state index in [1.807, 2.05) is 6.07 Å². The minimum absolute atomic E-state index is 0. The second kappa shape index (κ2) is 7.45. The molecule has 120 valence electrons. The summed E-state index contributed by atoms with van der Waals surface area (Å²) < 4.78 is 0. The number of halogens is 2. The summed E-state index contributed by atoms with van der Waals surface area (Å²) in [5.74, 6) is 1.64. The van der Waals surface area contributed by atoms with Crippen molar-refractivity contribution in [1.29, 1.82) is 0 Å². The summed E-state index contributed by atoms with van der Waals surface area (Å²) >= 11 is 0. The van der Waals surface area contributed by atoms with Crippen LogP contribution in [0.3, 0.4) is 0 Å². The Hall–Kier alpha value is -0.820. The summed E-state index contributed by atoms with van der Waals surface area (Å²) in [6.07, 6.45) is 3.35. The van der Waals surface area contributed by atoms with Gasteiger partial charge in [-0.3, -0.25) is 0 Å². The molecule has 1 aliphatic carbocycles. The van der Waals surface area contributed by atoms with E-state index < -0.39 is 0 Å². The van der Waals surface area contributed by atoms with E-state index in [4.69, 9.17) is 11.5 Å². The van der Waals surface area contributed by atoms with Crippen LogP contribution in [0.2, 0.25) is 0 Å². The summed E-state index contributed by atoms with van der Waals surface area (Å²) in [5.41, 5.74) is 12.7. The predicted molar refractivity (Wildman–Crippen MR) is 88.3 cm³/mol. The van der Waals surface area contributed by atoms with Crippen LogP contribution in [0.4, 0.5) is 11.8 Å². The van der Waals surface area contributed by atoms with E-state index in [1.54, 1.807) is 0 Å². The van der Waals surface area contributed by atoms with Gasteiger partial charge in [-0.05, 0) is 25.7 Å². The Kier molecular flexibility index (Phi) is 6.46. The Morgan fingerprint density at radius 3 is 2.33 bits per heavy atom. The topological polar surface area (TPSA) is 101 Å². The Morgan fingerprint density at radius 2 is 1.76 bits per heavy atom. The molecule has 0 bridgehead atoms. The Labute approximate surface area is 137 Å². The minimum Gasteiger partial charge on any atom is -0.393 e. The van der Waals surface area contributed by atoms with Gasteiger partial charge in [0.15, 0.2) is 0 Å². The summed E-state index contributed by atoms with van der Waals surface area (Å²) in [5, 5.41) is 9.55. The highest BCUT2D eigenvalue weighted by Gasteiger charge is 2.29. The zero-order chi connectivity index (χ0) is 13.4. The van der Waals surface area contributed by atoms with E-state index in [0.29, 0.717) is 17.9 Å². The second-order valence-electron chi connectivity index (χ2n) is 5.66. The van der Waals surface area contributed by atoms with Gasteiger partial charge in [0.1, 0.15) is 5.82 Å². The largest absolute Gasteiger partial charge is 0.393 e. The number of hydrogen-bond acceptors (Lipinski definition) is 6. The van der Waals surface area contributed by atoms with Gasteiger partial charge in [0.05, 0.1) is 11.8 Å². The van der Waals surface area contributed by atoms with Gasteiger partial charge in [0.25, 0.3) is 0 Å². The maximum absolute atomic E-state index is 9.55. The fraction of sp³-hybridized carbons (Fsp3) is 0.692. The highest BCUT2D eigenvalue weighted by Crippen LogP contribution is 2.36. The van der Waals surface area contributed by atoms with Crippen LogP contribution in [0, 0.1) is 0 Å². The fourth-order valence-corrected chi connectivity index (χ4v) is 2.84. The van der Waals surface area contributed by atoms with Crippen molar-refractivity contribution in [2.24, 2.45) is 5.73 Å². The van der Waals surface area contributed by atoms with Crippen molar-refractivity contribution >= 4 is 36.6 Å². The van der Waals surface area contributed by atoms with E-state index in [0.717, 1.165) is 50.3 Å². The van der Waals surface area contributed by atoms with Gasteiger partial charge in [-0.2, -0.15) is 4.98 Å². The van der Waals surface area contributed by atoms with Crippen molar-refractivity contribution in [1.82, 2.24) is 9.97 Å². The smallest absolute Gasteiger partial charge is 0.222 e. The monoisotopic (exact) mass is 335 g/mol. The normalized spacial score (nSPS) is 25.5. The molecule has 8 heteroatoms. The van der Waals surface area contributed by atoms with Crippen LogP contribution in [0.1, 0.15) is 37.3 Å². The van der Waals surface area contributed by atoms with E-state index in [1.165, 1.54) is 0 Å². The first-order valence-corrected chi connectivity index (χ1v) is 6.95. The number of rotatable bonds is 2. The molecule has 0 unspecified atom stereocenters. The molecule has 0 spiro atoms. The Bertz CT molecular complexity index is 462. The number of nitrogen functional groups attached to an aromatic ring is 1.